The number of hydrogen-bond donors (Lipinski definition) is 3. The number of aliphatic imine (C=N–C) groups is 1. The number of nitrogens with one attached hydrogen (secondary N) is 3. The largest absolute Gasteiger partial charge is 0.417 e. The Balaban J connectivity index is 2.34. The molecule has 1 aromatic heterocycles. The van der Waals surface area contributed by atoms with E-state index in [-0.39, 0.29) is 0 Å². The highest BCUT2D eigenvalue weighted by Crippen LogP contribution is 2.28. The van der Waals surface area contributed by atoms with Crippen LogP contribution in [-0.2, 0) is 6.18 Å². The second kappa shape index (κ2) is 9.70. The molecule has 1 aromatic rings. The topological polar surface area (TPSA) is 61.3 Å². The van der Waals surface area contributed by atoms with Gasteiger partial charge in [0.1, 0.15) is 5.82 Å². The summed E-state index contributed by atoms with van der Waals surface area (Å²) >= 11 is 0. The van der Waals surface area contributed by atoms with Gasteiger partial charge in [0.2, 0.25) is 0 Å². The van der Waals surface area contributed by atoms with Crippen LogP contribution in [0, 0.1) is 0 Å². The Kier molecular flexibility index (Phi) is 7.93. The zero-order chi connectivity index (χ0) is 17.1. The van der Waals surface area contributed by atoms with Crippen LogP contribution in [0.4, 0.5) is 19.0 Å². The molecule has 1 rings (SSSR count). The SMILES string of the molecule is C=CCNC(=NCCCNc1ccc(C(F)(F)F)cn1)NCC. The predicted octanol–water partition coefficient (Wildman–Crippen LogP) is 2.64. The van der Waals surface area contributed by atoms with Crippen molar-refractivity contribution >= 4 is 11.8 Å². The Bertz CT molecular complexity index is 497. The van der Waals surface area contributed by atoms with Crippen LogP contribution in [-0.4, -0.2) is 37.1 Å². The molecule has 0 spiro atoms. The van der Waals surface area contributed by atoms with E-state index in [0.29, 0.717) is 31.4 Å². The van der Waals surface area contributed by atoms with Gasteiger partial charge in [0.05, 0.1) is 5.56 Å². The van der Waals surface area contributed by atoms with Gasteiger partial charge in [0.25, 0.3) is 0 Å². The summed E-state index contributed by atoms with van der Waals surface area (Å²) in [5.41, 5.74) is -0.753. The van der Waals surface area contributed by atoms with E-state index in [4.69, 9.17) is 0 Å². The van der Waals surface area contributed by atoms with E-state index in [9.17, 15) is 13.2 Å². The van der Waals surface area contributed by atoms with Crippen LogP contribution in [0.3, 0.4) is 0 Å². The zero-order valence-corrected chi connectivity index (χ0v) is 13.1. The smallest absolute Gasteiger partial charge is 0.370 e. The van der Waals surface area contributed by atoms with Crippen LogP contribution in [0.15, 0.2) is 36.0 Å². The third kappa shape index (κ3) is 7.53. The Hall–Kier alpha value is -2.25. The third-order valence-electron chi connectivity index (χ3n) is 2.76. The molecule has 0 aliphatic heterocycles. The van der Waals surface area contributed by atoms with Crippen LogP contribution in [0.5, 0.6) is 0 Å². The van der Waals surface area contributed by atoms with E-state index < -0.39 is 11.7 Å². The maximum Gasteiger partial charge on any atom is 0.417 e. The Morgan fingerprint density at radius 1 is 1.35 bits per heavy atom. The molecule has 0 saturated carbocycles. The maximum atomic E-state index is 12.4. The maximum absolute atomic E-state index is 12.4. The summed E-state index contributed by atoms with van der Waals surface area (Å²) in [5.74, 6) is 1.12. The summed E-state index contributed by atoms with van der Waals surface area (Å²) in [4.78, 5) is 8.11. The lowest BCUT2D eigenvalue weighted by Gasteiger charge is -2.10. The van der Waals surface area contributed by atoms with Crippen molar-refractivity contribution in [2.75, 3.05) is 31.5 Å². The molecule has 0 saturated heterocycles. The van der Waals surface area contributed by atoms with E-state index in [1.165, 1.54) is 6.07 Å². The summed E-state index contributed by atoms with van der Waals surface area (Å²) < 4.78 is 37.2. The van der Waals surface area contributed by atoms with E-state index >= 15 is 0 Å². The standard InChI is InChI=1S/C15H22F3N5/c1-3-8-21-14(19-4-2)22-10-5-9-20-13-7-6-12(11-23-13)15(16,17)18/h3,6-7,11H,1,4-5,8-10H2,2H3,(H,20,23)(H2,19,21,22). The van der Waals surface area contributed by atoms with E-state index in [1.54, 1.807) is 6.08 Å². The normalized spacial score (nSPS) is 11.9. The van der Waals surface area contributed by atoms with Gasteiger partial charge in [-0.1, -0.05) is 6.08 Å². The van der Waals surface area contributed by atoms with Crippen molar-refractivity contribution in [2.24, 2.45) is 4.99 Å². The number of rotatable bonds is 8. The lowest BCUT2D eigenvalue weighted by Crippen LogP contribution is -2.37. The first-order valence-electron chi connectivity index (χ1n) is 7.37. The molecular formula is C15H22F3N5. The fourth-order valence-corrected chi connectivity index (χ4v) is 1.66. The van der Waals surface area contributed by atoms with E-state index in [1.807, 2.05) is 6.92 Å². The van der Waals surface area contributed by atoms with Crippen molar-refractivity contribution < 1.29 is 13.2 Å². The highest BCUT2D eigenvalue weighted by Gasteiger charge is 2.30. The number of pyridine rings is 1. The monoisotopic (exact) mass is 329 g/mol. The van der Waals surface area contributed by atoms with Crippen molar-refractivity contribution in [3.8, 4) is 0 Å². The van der Waals surface area contributed by atoms with Crippen molar-refractivity contribution in [3.63, 3.8) is 0 Å². The average molecular weight is 329 g/mol. The average Bonchev–Trinajstić information content (AvgIpc) is 2.51. The number of anilines is 1. The molecule has 0 bridgehead atoms. The number of hydrogen-bond acceptors (Lipinski definition) is 3. The molecule has 0 fully saturated rings. The molecule has 0 aliphatic rings. The molecule has 5 nitrogen and oxygen atoms in total. The minimum absolute atomic E-state index is 0.415. The second-order valence-corrected chi connectivity index (χ2v) is 4.64. The molecule has 0 aliphatic carbocycles. The molecule has 1 heterocycles. The summed E-state index contributed by atoms with van der Waals surface area (Å²) in [6, 6.07) is 2.33. The number of halogens is 3. The van der Waals surface area contributed by atoms with Crippen molar-refractivity contribution in [3.05, 3.63) is 36.5 Å². The predicted molar refractivity (Wildman–Crippen MR) is 86.5 cm³/mol. The highest BCUT2D eigenvalue weighted by molar-refractivity contribution is 5.79. The number of aromatic nitrogens is 1. The minimum atomic E-state index is -4.36. The van der Waals surface area contributed by atoms with Gasteiger partial charge in [-0.2, -0.15) is 13.2 Å². The molecule has 0 amide bonds. The molecule has 0 radical (unpaired) electrons. The summed E-state index contributed by atoms with van der Waals surface area (Å²) in [6.45, 7) is 8.14. The van der Waals surface area contributed by atoms with Crippen molar-refractivity contribution in [1.29, 1.82) is 0 Å². The van der Waals surface area contributed by atoms with Crippen LogP contribution >= 0.6 is 0 Å². The number of alkyl halides is 3. The Morgan fingerprint density at radius 2 is 2.13 bits per heavy atom. The quantitative estimate of drug-likeness (QED) is 0.297. The van der Waals surface area contributed by atoms with Gasteiger partial charge in [-0.15, -0.1) is 6.58 Å². The Morgan fingerprint density at radius 3 is 2.70 bits per heavy atom. The van der Waals surface area contributed by atoms with Crippen molar-refractivity contribution in [2.45, 2.75) is 19.5 Å². The first kappa shape index (κ1) is 18.8. The first-order valence-corrected chi connectivity index (χ1v) is 7.37. The molecule has 23 heavy (non-hydrogen) atoms. The lowest BCUT2D eigenvalue weighted by molar-refractivity contribution is -0.137. The molecule has 128 valence electrons. The van der Waals surface area contributed by atoms with Gasteiger partial charge < -0.3 is 16.0 Å². The molecule has 3 N–H and O–H groups in total. The first-order chi connectivity index (χ1) is 11.0. The van der Waals surface area contributed by atoms with Gasteiger partial charge in [0, 0.05) is 32.4 Å². The number of nitrogens with zero attached hydrogens (tertiary/aromatic N) is 2. The van der Waals surface area contributed by atoms with Crippen LogP contribution in [0.25, 0.3) is 0 Å². The summed E-state index contributed by atoms with van der Waals surface area (Å²) in [6.07, 6.45) is -1.07. The fourth-order valence-electron chi connectivity index (χ4n) is 1.66. The molecule has 8 heteroatoms. The molecule has 0 unspecified atom stereocenters. The highest BCUT2D eigenvalue weighted by atomic mass is 19.4. The van der Waals surface area contributed by atoms with Gasteiger partial charge in [-0.25, -0.2) is 4.98 Å². The van der Waals surface area contributed by atoms with E-state index in [0.717, 1.165) is 25.2 Å². The van der Waals surface area contributed by atoms with Crippen LogP contribution in [0.2, 0.25) is 0 Å². The fraction of sp³-hybridized carbons (Fsp3) is 0.467. The third-order valence-corrected chi connectivity index (χ3v) is 2.76. The van der Waals surface area contributed by atoms with Gasteiger partial charge in [-0.3, -0.25) is 4.99 Å². The van der Waals surface area contributed by atoms with E-state index in [2.05, 4.69) is 32.5 Å². The summed E-state index contributed by atoms with van der Waals surface area (Å²) in [5, 5.41) is 9.15. The molecular weight excluding hydrogens is 307 g/mol. The summed E-state index contributed by atoms with van der Waals surface area (Å²) in [7, 11) is 0. The van der Waals surface area contributed by atoms with Crippen LogP contribution in [0.1, 0.15) is 18.9 Å². The molecule has 0 aromatic carbocycles. The lowest BCUT2D eigenvalue weighted by atomic mass is 10.3. The second-order valence-electron chi connectivity index (χ2n) is 4.64. The zero-order valence-electron chi connectivity index (χ0n) is 13.1. The van der Waals surface area contributed by atoms with Gasteiger partial charge in [-0.05, 0) is 25.5 Å². The van der Waals surface area contributed by atoms with Crippen molar-refractivity contribution in [1.82, 2.24) is 15.6 Å². The van der Waals surface area contributed by atoms with Gasteiger partial charge in [0.15, 0.2) is 5.96 Å². The Labute approximate surface area is 134 Å². The number of guanidine groups is 1. The minimum Gasteiger partial charge on any atom is -0.370 e. The van der Waals surface area contributed by atoms with Gasteiger partial charge >= 0.3 is 6.18 Å². The van der Waals surface area contributed by atoms with Crippen LogP contribution < -0.4 is 16.0 Å². The molecule has 0 atom stereocenters.